The van der Waals surface area contributed by atoms with Crippen LogP contribution in [0.25, 0.3) is 0 Å². The summed E-state index contributed by atoms with van der Waals surface area (Å²) in [4.78, 5) is 29.5. The van der Waals surface area contributed by atoms with Gasteiger partial charge in [-0.2, -0.15) is 0 Å². The molecule has 0 spiro atoms. The Morgan fingerprint density at radius 1 is 1.20 bits per heavy atom. The highest BCUT2D eigenvalue weighted by Crippen LogP contribution is 2.28. The van der Waals surface area contributed by atoms with Gasteiger partial charge in [0.15, 0.2) is 0 Å². The molecule has 1 aromatic carbocycles. The van der Waals surface area contributed by atoms with Gasteiger partial charge in [0.05, 0.1) is 19.1 Å². The smallest absolute Gasteiger partial charge is 0.245 e. The molecule has 136 valence electrons. The number of hydrogen-bond acceptors (Lipinski definition) is 3. The van der Waals surface area contributed by atoms with E-state index in [4.69, 9.17) is 4.74 Å². The van der Waals surface area contributed by atoms with Gasteiger partial charge in [0.1, 0.15) is 11.9 Å². The number of ether oxygens (including phenoxy) is 1. The highest BCUT2D eigenvalue weighted by Gasteiger charge is 2.39. The second kappa shape index (κ2) is 7.95. The summed E-state index contributed by atoms with van der Waals surface area (Å²) >= 11 is 0. The molecule has 3 rings (SSSR count). The van der Waals surface area contributed by atoms with Gasteiger partial charge < -0.3 is 14.5 Å². The Morgan fingerprint density at radius 2 is 1.88 bits per heavy atom. The number of nitrogens with zero attached hydrogens (tertiary/aromatic N) is 2. The molecular formula is C19H25FN2O3. The van der Waals surface area contributed by atoms with Gasteiger partial charge in [-0.15, -0.1) is 0 Å². The van der Waals surface area contributed by atoms with Crippen LogP contribution in [0.5, 0.6) is 0 Å². The van der Waals surface area contributed by atoms with Gasteiger partial charge in [-0.3, -0.25) is 9.59 Å². The van der Waals surface area contributed by atoms with Gasteiger partial charge in [0.2, 0.25) is 11.8 Å². The maximum Gasteiger partial charge on any atom is 0.245 e. The summed E-state index contributed by atoms with van der Waals surface area (Å²) in [5.41, 5.74) is 0.804. The summed E-state index contributed by atoms with van der Waals surface area (Å²) in [6.07, 6.45) is 2.17. The van der Waals surface area contributed by atoms with Crippen molar-refractivity contribution in [3.05, 3.63) is 35.6 Å². The standard InChI is InChI=1S/C19H25FN2O3/c1-2-16(14-5-7-15(20)8-6-14)18(23)22-9-3-4-17(22)19(24)21-10-12-25-13-11-21/h5-8,16-17H,2-4,9-13H2,1H3/t16?,17-/m0/s1. The van der Waals surface area contributed by atoms with Crippen molar-refractivity contribution in [2.45, 2.75) is 38.1 Å². The number of carbonyl (C=O) groups is 2. The molecule has 2 heterocycles. The zero-order valence-corrected chi connectivity index (χ0v) is 14.6. The first-order valence-corrected chi connectivity index (χ1v) is 9.04. The van der Waals surface area contributed by atoms with Crippen molar-refractivity contribution in [3.8, 4) is 0 Å². The molecule has 2 atom stereocenters. The Labute approximate surface area is 147 Å². The molecule has 1 aromatic rings. The van der Waals surface area contributed by atoms with Gasteiger partial charge >= 0.3 is 0 Å². The Balaban J connectivity index is 1.74. The summed E-state index contributed by atoms with van der Waals surface area (Å²) in [6, 6.07) is 5.71. The molecule has 0 aromatic heterocycles. The molecule has 2 saturated heterocycles. The molecular weight excluding hydrogens is 323 g/mol. The highest BCUT2D eigenvalue weighted by molar-refractivity contribution is 5.91. The van der Waals surface area contributed by atoms with E-state index in [2.05, 4.69) is 0 Å². The minimum absolute atomic E-state index is 0.0294. The lowest BCUT2D eigenvalue weighted by Gasteiger charge is -2.34. The van der Waals surface area contributed by atoms with Crippen LogP contribution in [0.2, 0.25) is 0 Å². The molecule has 1 unspecified atom stereocenters. The number of likely N-dealkylation sites (tertiary alicyclic amines) is 1. The SMILES string of the molecule is CCC(C(=O)N1CCC[C@H]1C(=O)N1CCOCC1)c1ccc(F)cc1. The molecule has 0 saturated carbocycles. The zero-order chi connectivity index (χ0) is 17.8. The minimum Gasteiger partial charge on any atom is -0.378 e. The van der Waals surface area contributed by atoms with Crippen LogP contribution in [0, 0.1) is 5.82 Å². The lowest BCUT2D eigenvalue weighted by molar-refractivity contribution is -0.147. The van der Waals surface area contributed by atoms with E-state index < -0.39 is 0 Å². The molecule has 2 aliphatic rings. The van der Waals surface area contributed by atoms with Crippen LogP contribution in [0.1, 0.15) is 37.7 Å². The third-order valence-electron chi connectivity index (χ3n) is 5.12. The average Bonchev–Trinajstić information content (AvgIpc) is 3.13. The van der Waals surface area contributed by atoms with Gasteiger partial charge in [-0.1, -0.05) is 19.1 Å². The van der Waals surface area contributed by atoms with Crippen LogP contribution < -0.4 is 0 Å². The first kappa shape index (κ1) is 17.9. The van der Waals surface area contributed by atoms with E-state index in [0.29, 0.717) is 45.7 Å². The molecule has 2 aliphatic heterocycles. The summed E-state index contributed by atoms with van der Waals surface area (Å²) in [5, 5.41) is 0. The summed E-state index contributed by atoms with van der Waals surface area (Å²) in [7, 11) is 0. The second-order valence-corrected chi connectivity index (χ2v) is 6.64. The molecule has 0 bridgehead atoms. The fourth-order valence-electron chi connectivity index (χ4n) is 3.73. The average molecular weight is 348 g/mol. The monoisotopic (exact) mass is 348 g/mol. The predicted molar refractivity (Wildman–Crippen MR) is 91.6 cm³/mol. The summed E-state index contributed by atoms with van der Waals surface area (Å²) < 4.78 is 18.5. The van der Waals surface area contributed by atoms with Crippen LogP contribution in [0.3, 0.4) is 0 Å². The van der Waals surface area contributed by atoms with Crippen molar-refractivity contribution in [1.82, 2.24) is 9.80 Å². The predicted octanol–water partition coefficient (Wildman–Crippen LogP) is 2.17. The minimum atomic E-state index is -0.375. The number of halogens is 1. The van der Waals surface area contributed by atoms with Gasteiger partial charge in [-0.25, -0.2) is 4.39 Å². The van der Waals surface area contributed by atoms with Crippen molar-refractivity contribution in [1.29, 1.82) is 0 Å². The highest BCUT2D eigenvalue weighted by atomic mass is 19.1. The van der Waals surface area contributed by atoms with Gasteiger partial charge in [0, 0.05) is 19.6 Å². The first-order valence-electron chi connectivity index (χ1n) is 9.04. The fraction of sp³-hybridized carbons (Fsp3) is 0.579. The van der Waals surface area contributed by atoms with Gasteiger partial charge in [-0.05, 0) is 37.0 Å². The molecule has 0 aliphatic carbocycles. The van der Waals surface area contributed by atoms with Crippen LogP contribution in [-0.4, -0.2) is 60.5 Å². The van der Waals surface area contributed by atoms with E-state index in [9.17, 15) is 14.0 Å². The molecule has 2 fully saturated rings. The van der Waals surface area contributed by atoms with E-state index in [1.54, 1.807) is 21.9 Å². The van der Waals surface area contributed by atoms with E-state index in [1.807, 2.05) is 6.92 Å². The Morgan fingerprint density at radius 3 is 2.52 bits per heavy atom. The maximum absolute atomic E-state index is 13.2. The molecule has 5 nitrogen and oxygen atoms in total. The topological polar surface area (TPSA) is 49.9 Å². The third kappa shape index (κ3) is 3.84. The molecule has 6 heteroatoms. The number of amides is 2. The Bertz CT molecular complexity index is 614. The van der Waals surface area contributed by atoms with Crippen molar-refractivity contribution in [3.63, 3.8) is 0 Å². The van der Waals surface area contributed by atoms with E-state index in [1.165, 1.54) is 12.1 Å². The summed E-state index contributed by atoms with van der Waals surface area (Å²) in [5.74, 6) is -0.646. The zero-order valence-electron chi connectivity index (χ0n) is 14.6. The van der Waals surface area contributed by atoms with E-state index >= 15 is 0 Å². The normalized spacial score (nSPS) is 22.1. The first-order chi connectivity index (χ1) is 12.1. The number of carbonyl (C=O) groups excluding carboxylic acids is 2. The van der Waals surface area contributed by atoms with Crippen molar-refractivity contribution in [2.24, 2.45) is 0 Å². The quantitative estimate of drug-likeness (QED) is 0.838. The summed E-state index contributed by atoms with van der Waals surface area (Å²) in [6.45, 7) is 4.84. The van der Waals surface area contributed by atoms with Crippen molar-refractivity contribution in [2.75, 3.05) is 32.8 Å². The van der Waals surface area contributed by atoms with E-state index in [-0.39, 0.29) is 29.6 Å². The Hall–Kier alpha value is -1.95. The van der Waals surface area contributed by atoms with Crippen LogP contribution in [-0.2, 0) is 14.3 Å². The lowest BCUT2D eigenvalue weighted by Crippen LogP contribution is -2.51. The maximum atomic E-state index is 13.2. The number of morpholine rings is 1. The second-order valence-electron chi connectivity index (χ2n) is 6.64. The third-order valence-corrected chi connectivity index (χ3v) is 5.12. The van der Waals surface area contributed by atoms with Crippen molar-refractivity contribution < 1.29 is 18.7 Å². The van der Waals surface area contributed by atoms with Crippen LogP contribution >= 0.6 is 0 Å². The number of rotatable bonds is 4. The number of hydrogen-bond donors (Lipinski definition) is 0. The Kier molecular flexibility index (Phi) is 5.68. The van der Waals surface area contributed by atoms with Gasteiger partial charge in [0.25, 0.3) is 0 Å². The lowest BCUT2D eigenvalue weighted by atomic mass is 9.94. The van der Waals surface area contributed by atoms with Crippen LogP contribution in [0.4, 0.5) is 4.39 Å². The molecule has 2 amide bonds. The molecule has 0 radical (unpaired) electrons. The molecule has 0 N–H and O–H groups in total. The largest absolute Gasteiger partial charge is 0.378 e. The number of benzene rings is 1. The van der Waals surface area contributed by atoms with Crippen molar-refractivity contribution >= 4 is 11.8 Å². The molecule has 25 heavy (non-hydrogen) atoms. The van der Waals surface area contributed by atoms with Crippen LogP contribution in [0.15, 0.2) is 24.3 Å². The fourth-order valence-corrected chi connectivity index (χ4v) is 3.73. The van der Waals surface area contributed by atoms with E-state index in [0.717, 1.165) is 12.0 Å².